The molecule has 1 aliphatic carbocycles. The molecule has 0 saturated carbocycles. The van der Waals surface area contributed by atoms with Crippen LogP contribution in [0.2, 0.25) is 0 Å². The van der Waals surface area contributed by atoms with Crippen molar-refractivity contribution in [3.05, 3.63) is 35.4 Å². The van der Waals surface area contributed by atoms with Gasteiger partial charge in [-0.3, -0.25) is 0 Å². The average Bonchev–Trinajstić information content (AvgIpc) is 2.26. The van der Waals surface area contributed by atoms with Crippen molar-refractivity contribution in [2.24, 2.45) is 21.4 Å². The van der Waals surface area contributed by atoms with E-state index in [1.165, 1.54) is 11.1 Å². The van der Waals surface area contributed by atoms with Crippen molar-refractivity contribution in [2.45, 2.75) is 19.3 Å². The highest BCUT2D eigenvalue weighted by molar-refractivity contribution is 6.02. The number of hydrogen-bond acceptors (Lipinski definition) is 2. The van der Waals surface area contributed by atoms with Crippen molar-refractivity contribution < 1.29 is 0 Å². The number of fused-ring (bicyclic) bond motifs is 1. The maximum atomic E-state index is 4.92. The lowest BCUT2D eigenvalue weighted by Crippen LogP contribution is -2.11. The van der Waals surface area contributed by atoms with Gasteiger partial charge < -0.3 is 5.84 Å². The number of aryl methyl sites for hydroxylation is 1. The van der Waals surface area contributed by atoms with E-state index in [0.29, 0.717) is 0 Å². The molecule has 2 N–H and O–H groups in total. The van der Waals surface area contributed by atoms with E-state index in [9.17, 15) is 0 Å². The van der Waals surface area contributed by atoms with Crippen LogP contribution in [-0.4, -0.2) is 5.71 Å². The van der Waals surface area contributed by atoms with E-state index in [-0.39, 0.29) is 0 Å². The number of nitrogens with zero attached hydrogens (tertiary/aromatic N) is 3. The first-order valence-electron chi connectivity index (χ1n) is 4.67. The summed E-state index contributed by atoms with van der Waals surface area (Å²) in [5.41, 5.74) is 3.51. The number of rotatable bonds is 1. The third kappa shape index (κ3) is 1.64. The van der Waals surface area contributed by atoms with Gasteiger partial charge in [0.1, 0.15) is 0 Å². The van der Waals surface area contributed by atoms with E-state index in [4.69, 9.17) is 5.84 Å². The second-order valence-corrected chi connectivity index (χ2v) is 3.26. The van der Waals surface area contributed by atoms with Crippen molar-refractivity contribution >= 4 is 5.71 Å². The van der Waals surface area contributed by atoms with Crippen molar-refractivity contribution in [1.82, 2.24) is 0 Å². The lowest BCUT2D eigenvalue weighted by molar-refractivity contribution is 0.828. The molecule has 0 spiro atoms. The Kier molecular flexibility index (Phi) is 2.53. The van der Waals surface area contributed by atoms with Gasteiger partial charge in [0.15, 0.2) is 0 Å². The molecule has 1 aromatic rings. The van der Waals surface area contributed by atoms with Crippen LogP contribution in [0.4, 0.5) is 0 Å². The van der Waals surface area contributed by atoms with Gasteiger partial charge in [-0.25, -0.2) is 0 Å². The summed E-state index contributed by atoms with van der Waals surface area (Å²) in [4.78, 5) is 0. The number of benzene rings is 1. The Morgan fingerprint density at radius 3 is 2.86 bits per heavy atom. The highest BCUT2D eigenvalue weighted by Gasteiger charge is 2.14. The van der Waals surface area contributed by atoms with E-state index < -0.39 is 0 Å². The third-order valence-electron chi connectivity index (χ3n) is 2.41. The predicted molar refractivity (Wildman–Crippen MR) is 55.0 cm³/mol. The molecule has 14 heavy (non-hydrogen) atoms. The molecule has 0 saturated heterocycles. The summed E-state index contributed by atoms with van der Waals surface area (Å²) >= 11 is 0. The molecule has 0 amide bonds. The fraction of sp³-hybridized carbons (Fsp3) is 0.300. The zero-order valence-corrected chi connectivity index (χ0v) is 7.85. The monoisotopic (exact) mass is 188 g/mol. The van der Waals surface area contributed by atoms with Crippen LogP contribution in [0.25, 0.3) is 0 Å². The molecule has 0 bridgehead atoms. The summed E-state index contributed by atoms with van der Waals surface area (Å²) < 4.78 is 0. The van der Waals surface area contributed by atoms with Crippen LogP contribution in [0.3, 0.4) is 0 Å². The third-order valence-corrected chi connectivity index (χ3v) is 2.41. The first-order valence-corrected chi connectivity index (χ1v) is 4.67. The fourth-order valence-electron chi connectivity index (χ4n) is 1.78. The van der Waals surface area contributed by atoms with Gasteiger partial charge >= 0.3 is 0 Å². The van der Waals surface area contributed by atoms with E-state index >= 15 is 0 Å². The highest BCUT2D eigenvalue weighted by atomic mass is 15.5. The van der Waals surface area contributed by atoms with Crippen LogP contribution in [-0.2, 0) is 6.42 Å². The maximum Gasteiger partial charge on any atom is 0.0724 e. The normalized spacial score (nSPS) is 18.7. The summed E-state index contributed by atoms with van der Waals surface area (Å²) in [6, 6.07) is 8.26. The molecule has 0 aliphatic heterocycles. The SMILES string of the molecule is NN=NN=C1CCCc2ccccc21. The van der Waals surface area contributed by atoms with E-state index in [0.717, 1.165) is 25.0 Å². The van der Waals surface area contributed by atoms with Gasteiger partial charge in [-0.2, -0.15) is 0 Å². The van der Waals surface area contributed by atoms with Crippen molar-refractivity contribution in [1.29, 1.82) is 0 Å². The van der Waals surface area contributed by atoms with Crippen LogP contribution >= 0.6 is 0 Å². The first-order chi connectivity index (χ1) is 6.92. The van der Waals surface area contributed by atoms with Gasteiger partial charge in [0.25, 0.3) is 0 Å². The zero-order valence-electron chi connectivity index (χ0n) is 7.85. The van der Waals surface area contributed by atoms with Crippen LogP contribution in [0.15, 0.2) is 39.8 Å². The minimum atomic E-state index is 0.954. The van der Waals surface area contributed by atoms with Crippen LogP contribution in [0, 0.1) is 0 Å². The Hall–Kier alpha value is -1.71. The highest BCUT2D eigenvalue weighted by Crippen LogP contribution is 2.21. The molecule has 0 heterocycles. The molecule has 1 aromatic carbocycles. The summed E-state index contributed by atoms with van der Waals surface area (Å²) in [5, 5.41) is 10.6. The molecule has 0 fully saturated rings. The smallest absolute Gasteiger partial charge is 0.0724 e. The summed E-state index contributed by atoms with van der Waals surface area (Å²) in [6.45, 7) is 0. The largest absolute Gasteiger partial charge is 0.303 e. The molecule has 1 aliphatic rings. The quantitative estimate of drug-likeness (QED) is 0.409. The van der Waals surface area contributed by atoms with Gasteiger partial charge in [-0.15, -0.1) is 5.10 Å². The molecule has 4 nitrogen and oxygen atoms in total. The molecular weight excluding hydrogens is 176 g/mol. The average molecular weight is 188 g/mol. The van der Waals surface area contributed by atoms with Crippen LogP contribution < -0.4 is 5.84 Å². The molecule has 0 radical (unpaired) electrons. The van der Waals surface area contributed by atoms with Crippen LogP contribution in [0.5, 0.6) is 0 Å². The predicted octanol–water partition coefficient (Wildman–Crippen LogP) is 2.05. The zero-order chi connectivity index (χ0) is 9.80. The molecule has 0 atom stereocenters. The van der Waals surface area contributed by atoms with E-state index in [1.807, 2.05) is 12.1 Å². The van der Waals surface area contributed by atoms with Gasteiger partial charge in [0.05, 0.1) is 5.71 Å². The molecule has 0 unspecified atom stereocenters. The lowest BCUT2D eigenvalue weighted by atomic mass is 9.90. The van der Waals surface area contributed by atoms with Crippen molar-refractivity contribution in [2.75, 3.05) is 0 Å². The first kappa shape index (κ1) is 8.87. The summed E-state index contributed by atoms with van der Waals surface area (Å²) in [7, 11) is 0. The maximum absolute atomic E-state index is 4.92. The Balaban J connectivity index is 2.40. The molecular formula is C10H12N4. The van der Waals surface area contributed by atoms with Crippen molar-refractivity contribution in [3.8, 4) is 0 Å². The molecule has 2 rings (SSSR count). The number of nitrogens with two attached hydrogens (primary N) is 1. The Morgan fingerprint density at radius 2 is 2.00 bits per heavy atom. The topological polar surface area (TPSA) is 63.1 Å². The summed E-state index contributed by atoms with van der Waals surface area (Å²) in [6.07, 6.45) is 3.20. The van der Waals surface area contributed by atoms with E-state index in [1.54, 1.807) is 0 Å². The minimum absolute atomic E-state index is 0.954. The summed E-state index contributed by atoms with van der Waals surface area (Å²) in [5.74, 6) is 4.92. The van der Waals surface area contributed by atoms with Gasteiger partial charge in [0.2, 0.25) is 0 Å². The standard InChI is InChI=1S/C10H12N4/c11-13-14-12-10-7-3-5-8-4-1-2-6-9(8)10/h1-2,4,6H,3,5,7H2,(H2,11,14). The fourth-order valence-corrected chi connectivity index (χ4v) is 1.78. The minimum Gasteiger partial charge on any atom is -0.303 e. The van der Waals surface area contributed by atoms with Gasteiger partial charge in [-0.1, -0.05) is 29.5 Å². The molecule has 0 aromatic heterocycles. The van der Waals surface area contributed by atoms with Crippen molar-refractivity contribution in [3.63, 3.8) is 0 Å². The second-order valence-electron chi connectivity index (χ2n) is 3.26. The Bertz CT molecular complexity index is 381. The number of hydrogen-bond donors (Lipinski definition) is 1. The van der Waals surface area contributed by atoms with Gasteiger partial charge in [-0.05, 0) is 30.0 Å². The van der Waals surface area contributed by atoms with Gasteiger partial charge in [0, 0.05) is 5.56 Å². The molecule has 72 valence electrons. The van der Waals surface area contributed by atoms with E-state index in [2.05, 4.69) is 27.7 Å². The Morgan fingerprint density at radius 1 is 1.14 bits per heavy atom. The molecule has 4 heteroatoms. The second kappa shape index (κ2) is 4.00. The lowest BCUT2D eigenvalue weighted by Gasteiger charge is -2.15. The van der Waals surface area contributed by atoms with Crippen LogP contribution in [0.1, 0.15) is 24.0 Å². The Labute approximate surface area is 82.5 Å².